The van der Waals surface area contributed by atoms with Gasteiger partial charge in [-0.2, -0.15) is 0 Å². The fourth-order valence-corrected chi connectivity index (χ4v) is 2.47. The van der Waals surface area contributed by atoms with Crippen molar-refractivity contribution in [3.05, 3.63) is 64.2 Å². The molecule has 0 fully saturated rings. The minimum atomic E-state index is -0.891. The van der Waals surface area contributed by atoms with Crippen LogP contribution in [-0.2, 0) is 11.3 Å². The van der Waals surface area contributed by atoms with E-state index in [1.165, 1.54) is 24.3 Å². The lowest BCUT2D eigenvalue weighted by Gasteiger charge is -2.18. The summed E-state index contributed by atoms with van der Waals surface area (Å²) >= 11 is 0. The number of amides is 3. The first-order chi connectivity index (χ1) is 15.3. The Morgan fingerprint density at radius 2 is 1.75 bits per heavy atom. The largest absolute Gasteiger partial charge is 0.393 e. The number of nitrogens with zero attached hydrogens (tertiary/aromatic N) is 2. The number of carbonyl (C=O) groups excluding carboxylic acids is 2. The van der Waals surface area contributed by atoms with Gasteiger partial charge >= 0.3 is 6.03 Å². The molecule has 2 rings (SSSR count). The molecule has 13 heteroatoms. The van der Waals surface area contributed by atoms with Crippen molar-refractivity contribution in [3.63, 3.8) is 0 Å². The van der Waals surface area contributed by atoms with Gasteiger partial charge in [-0.15, -0.1) is 0 Å². The number of urea groups is 1. The molecule has 3 amide bonds. The fraction of sp³-hybridized carbons (Fsp3) is 0.211. The van der Waals surface area contributed by atoms with Crippen LogP contribution in [0, 0.1) is 10.1 Å². The van der Waals surface area contributed by atoms with Crippen molar-refractivity contribution in [3.8, 4) is 0 Å². The highest BCUT2D eigenvalue weighted by molar-refractivity contribution is 5.89. The molecule has 0 aliphatic carbocycles. The van der Waals surface area contributed by atoms with Crippen LogP contribution < -0.4 is 32.7 Å². The molecule has 0 heterocycles. The van der Waals surface area contributed by atoms with Gasteiger partial charge in [0.1, 0.15) is 6.17 Å². The number of anilines is 1. The summed E-state index contributed by atoms with van der Waals surface area (Å²) in [7, 11) is 0. The number of nitrogens with one attached hydrogen (secondary N) is 4. The van der Waals surface area contributed by atoms with E-state index in [0.29, 0.717) is 11.4 Å². The number of aliphatic imine (C=N–C) groups is 1. The van der Waals surface area contributed by atoms with Gasteiger partial charge in [-0.1, -0.05) is 12.1 Å². The number of aliphatic hydroxyl groups is 1. The van der Waals surface area contributed by atoms with Gasteiger partial charge in [-0.25, -0.2) is 9.79 Å². The van der Waals surface area contributed by atoms with Crippen molar-refractivity contribution in [2.45, 2.75) is 12.7 Å². The molecule has 0 spiro atoms. The van der Waals surface area contributed by atoms with Gasteiger partial charge in [-0.05, 0) is 29.8 Å². The maximum Gasteiger partial charge on any atom is 0.320 e. The van der Waals surface area contributed by atoms with Crippen LogP contribution in [0.3, 0.4) is 0 Å². The minimum absolute atomic E-state index is 0.0504. The molecular formula is C19H24N8O5. The van der Waals surface area contributed by atoms with Crippen molar-refractivity contribution in [2.75, 3.05) is 18.5 Å². The van der Waals surface area contributed by atoms with Gasteiger partial charge in [0.05, 0.1) is 23.8 Å². The van der Waals surface area contributed by atoms with Crippen LogP contribution in [-0.4, -0.2) is 47.2 Å². The Balaban J connectivity index is 1.74. The second-order valence-corrected chi connectivity index (χ2v) is 6.50. The zero-order valence-corrected chi connectivity index (χ0v) is 16.9. The summed E-state index contributed by atoms with van der Waals surface area (Å²) in [6.45, 7) is -0.358. The number of carbonyl (C=O) groups is 2. The molecule has 0 saturated carbocycles. The molecule has 1 unspecified atom stereocenters. The topological polar surface area (TPSA) is 210 Å². The van der Waals surface area contributed by atoms with Crippen molar-refractivity contribution in [1.29, 1.82) is 0 Å². The van der Waals surface area contributed by atoms with Crippen LogP contribution in [0.15, 0.2) is 53.5 Å². The first-order valence-corrected chi connectivity index (χ1v) is 9.38. The number of aliphatic hydroxyl groups excluding tert-OH is 1. The highest BCUT2D eigenvalue weighted by atomic mass is 16.6. The maximum absolute atomic E-state index is 12.0. The van der Waals surface area contributed by atoms with Gasteiger partial charge in [0.15, 0.2) is 5.96 Å². The molecular weight excluding hydrogens is 420 g/mol. The second-order valence-electron chi connectivity index (χ2n) is 6.50. The van der Waals surface area contributed by atoms with E-state index in [2.05, 4.69) is 26.3 Å². The van der Waals surface area contributed by atoms with E-state index < -0.39 is 23.7 Å². The third-order valence-corrected chi connectivity index (χ3v) is 4.02. The number of hydrogen-bond acceptors (Lipinski definition) is 7. The van der Waals surface area contributed by atoms with E-state index in [1.54, 1.807) is 24.3 Å². The number of benzene rings is 2. The Morgan fingerprint density at radius 1 is 1.09 bits per heavy atom. The Kier molecular flexibility index (Phi) is 8.89. The summed E-state index contributed by atoms with van der Waals surface area (Å²) < 4.78 is 0. The Hall–Kier alpha value is -4.23. The number of nitro benzene ring substituents is 1. The van der Waals surface area contributed by atoms with E-state index in [4.69, 9.17) is 11.5 Å². The average molecular weight is 444 g/mol. The molecule has 13 nitrogen and oxygen atoms in total. The van der Waals surface area contributed by atoms with Crippen LogP contribution in [0.4, 0.5) is 21.9 Å². The molecule has 32 heavy (non-hydrogen) atoms. The van der Waals surface area contributed by atoms with Gasteiger partial charge in [0.25, 0.3) is 5.69 Å². The molecule has 0 aliphatic rings. The van der Waals surface area contributed by atoms with E-state index in [0.717, 1.165) is 5.56 Å². The lowest BCUT2D eigenvalue weighted by molar-refractivity contribution is -0.384. The zero-order valence-electron chi connectivity index (χ0n) is 16.9. The molecule has 0 radical (unpaired) electrons. The lowest BCUT2D eigenvalue weighted by Crippen LogP contribution is -2.51. The number of nitro groups is 1. The fourth-order valence-electron chi connectivity index (χ4n) is 2.47. The van der Waals surface area contributed by atoms with Gasteiger partial charge in [0, 0.05) is 24.4 Å². The van der Waals surface area contributed by atoms with E-state index in [-0.39, 0.29) is 30.6 Å². The average Bonchev–Trinajstić information content (AvgIpc) is 2.76. The number of nitrogens with two attached hydrogens (primary N) is 2. The highest BCUT2D eigenvalue weighted by Crippen LogP contribution is 2.15. The number of hydrogen-bond donors (Lipinski definition) is 7. The summed E-state index contributed by atoms with van der Waals surface area (Å²) in [5.74, 6) is -0.403. The normalized spacial score (nSPS) is 11.2. The van der Waals surface area contributed by atoms with Crippen molar-refractivity contribution >= 4 is 35.0 Å². The van der Waals surface area contributed by atoms with Crippen molar-refractivity contribution < 1.29 is 19.6 Å². The highest BCUT2D eigenvalue weighted by Gasteiger charge is 2.13. The molecule has 0 saturated heterocycles. The first kappa shape index (κ1) is 24.0. The van der Waals surface area contributed by atoms with Crippen LogP contribution >= 0.6 is 0 Å². The Bertz CT molecular complexity index is 959. The third kappa shape index (κ3) is 8.25. The van der Waals surface area contributed by atoms with Crippen LogP contribution in [0.2, 0.25) is 0 Å². The van der Waals surface area contributed by atoms with Crippen LogP contribution in [0.25, 0.3) is 0 Å². The molecule has 2 aromatic carbocycles. The summed E-state index contributed by atoms with van der Waals surface area (Å²) in [5, 5.41) is 30.4. The van der Waals surface area contributed by atoms with Crippen LogP contribution in [0.5, 0.6) is 0 Å². The molecule has 2 aromatic rings. The zero-order chi connectivity index (χ0) is 23.5. The molecule has 170 valence electrons. The number of non-ortho nitro benzene ring substituents is 1. The summed E-state index contributed by atoms with van der Waals surface area (Å²) in [4.78, 5) is 38.0. The summed E-state index contributed by atoms with van der Waals surface area (Å²) in [6.07, 6.45) is -0.891. The smallest absolute Gasteiger partial charge is 0.320 e. The number of guanidine groups is 1. The summed E-state index contributed by atoms with van der Waals surface area (Å²) in [5.41, 5.74) is 12.2. The number of rotatable bonds is 10. The molecule has 0 aliphatic heterocycles. The van der Waals surface area contributed by atoms with Gasteiger partial charge in [-0.3, -0.25) is 20.2 Å². The van der Waals surface area contributed by atoms with E-state index in [1.807, 2.05) is 0 Å². The monoisotopic (exact) mass is 444 g/mol. The van der Waals surface area contributed by atoms with Crippen molar-refractivity contribution in [1.82, 2.24) is 16.0 Å². The molecule has 0 bridgehead atoms. The quantitative estimate of drug-likeness (QED) is 0.0858. The van der Waals surface area contributed by atoms with Gasteiger partial charge in [0.2, 0.25) is 5.91 Å². The maximum atomic E-state index is 12.0. The minimum Gasteiger partial charge on any atom is -0.393 e. The third-order valence-electron chi connectivity index (χ3n) is 4.02. The standard InChI is InChI=1S/C19H24N8O5/c20-18(21)24-13-3-1-12(2-4-13)9-23-17(29)10-22-16(11-28)26-19(30)25-14-5-7-15(8-6-14)27(31)32/h1-8,16,22,28H,9-11H2,(H,23,29)(H4,20,21,24)(H2,25,26,30). The first-order valence-electron chi connectivity index (χ1n) is 9.38. The molecule has 9 N–H and O–H groups in total. The van der Waals surface area contributed by atoms with Crippen LogP contribution in [0.1, 0.15) is 5.56 Å². The molecule has 1 atom stereocenters. The van der Waals surface area contributed by atoms with E-state index in [9.17, 15) is 24.8 Å². The van der Waals surface area contributed by atoms with E-state index >= 15 is 0 Å². The lowest BCUT2D eigenvalue weighted by atomic mass is 10.2. The Morgan fingerprint density at radius 3 is 2.31 bits per heavy atom. The second kappa shape index (κ2) is 11.8. The predicted octanol–water partition coefficient (Wildman–Crippen LogP) is -0.154. The van der Waals surface area contributed by atoms with Crippen molar-refractivity contribution in [2.24, 2.45) is 16.5 Å². The predicted molar refractivity (Wildman–Crippen MR) is 118 cm³/mol. The SMILES string of the molecule is NC(N)=Nc1ccc(CNC(=O)CNC(CO)NC(=O)Nc2ccc([N+](=O)[O-])cc2)cc1. The molecule has 0 aromatic heterocycles. The summed E-state index contributed by atoms with van der Waals surface area (Å²) in [6, 6.07) is 11.5. The Labute approximate surface area is 183 Å². The van der Waals surface area contributed by atoms with Gasteiger partial charge < -0.3 is 32.5 Å².